The fraction of sp³-hybridized carbons (Fsp3) is 0.250. The number of benzene rings is 1. The highest BCUT2D eigenvalue weighted by molar-refractivity contribution is 7.89. The predicted octanol–water partition coefficient (Wildman–Crippen LogP) is 2.51. The van der Waals surface area contributed by atoms with Gasteiger partial charge in [-0.25, -0.2) is 13.1 Å². The van der Waals surface area contributed by atoms with Crippen LogP contribution in [0.1, 0.15) is 11.3 Å². The summed E-state index contributed by atoms with van der Waals surface area (Å²) >= 11 is 11.8. The van der Waals surface area contributed by atoms with Crippen LogP contribution in [0.15, 0.2) is 29.3 Å². The molecule has 0 bridgehead atoms. The number of nitrogens with zero attached hydrogens (tertiary/aromatic N) is 2. The van der Waals surface area contributed by atoms with E-state index >= 15 is 0 Å². The highest BCUT2D eigenvalue weighted by Gasteiger charge is 2.19. The zero-order chi connectivity index (χ0) is 14.9. The first-order valence-corrected chi connectivity index (χ1v) is 7.97. The Morgan fingerprint density at radius 1 is 1.35 bits per heavy atom. The fourth-order valence-electron chi connectivity index (χ4n) is 1.76. The number of halogens is 2. The van der Waals surface area contributed by atoms with E-state index in [1.54, 1.807) is 32.2 Å². The quantitative estimate of drug-likeness (QED) is 0.934. The van der Waals surface area contributed by atoms with Gasteiger partial charge in [0.05, 0.1) is 5.69 Å². The molecule has 1 aromatic heterocycles. The van der Waals surface area contributed by atoms with Gasteiger partial charge in [-0.2, -0.15) is 5.10 Å². The van der Waals surface area contributed by atoms with Gasteiger partial charge in [-0.05, 0) is 24.6 Å². The van der Waals surface area contributed by atoms with E-state index in [9.17, 15) is 8.42 Å². The summed E-state index contributed by atoms with van der Waals surface area (Å²) in [6.45, 7) is 1.73. The predicted molar refractivity (Wildman–Crippen MR) is 78.4 cm³/mol. The van der Waals surface area contributed by atoms with Crippen LogP contribution < -0.4 is 4.72 Å². The van der Waals surface area contributed by atoms with Gasteiger partial charge in [0.15, 0.2) is 0 Å². The monoisotopic (exact) mass is 333 g/mol. The molecule has 2 rings (SSSR count). The summed E-state index contributed by atoms with van der Waals surface area (Å²) in [5.74, 6) is 0. The van der Waals surface area contributed by atoms with E-state index in [0.29, 0.717) is 21.3 Å². The summed E-state index contributed by atoms with van der Waals surface area (Å²) in [6, 6.07) is 4.91. The Bertz CT molecular complexity index is 741. The molecule has 0 saturated carbocycles. The third kappa shape index (κ3) is 3.32. The lowest BCUT2D eigenvalue weighted by Gasteiger charge is -2.07. The zero-order valence-electron chi connectivity index (χ0n) is 10.9. The smallest absolute Gasteiger partial charge is 0.244 e. The molecule has 108 valence electrons. The lowest BCUT2D eigenvalue weighted by molar-refractivity contribution is 0.580. The van der Waals surface area contributed by atoms with E-state index in [0.717, 1.165) is 0 Å². The van der Waals surface area contributed by atoms with Crippen LogP contribution in [0.2, 0.25) is 10.0 Å². The molecule has 1 aromatic carbocycles. The molecule has 0 amide bonds. The lowest BCUT2D eigenvalue weighted by Crippen LogP contribution is -2.23. The van der Waals surface area contributed by atoms with Crippen molar-refractivity contribution in [3.63, 3.8) is 0 Å². The van der Waals surface area contributed by atoms with Crippen LogP contribution in [0.5, 0.6) is 0 Å². The maximum atomic E-state index is 12.2. The normalized spacial score (nSPS) is 11.8. The molecular formula is C12H13Cl2N3O2S. The first-order valence-electron chi connectivity index (χ1n) is 5.73. The molecule has 20 heavy (non-hydrogen) atoms. The van der Waals surface area contributed by atoms with Crippen molar-refractivity contribution in [2.75, 3.05) is 0 Å². The fourth-order valence-corrected chi connectivity index (χ4v) is 3.45. The molecule has 5 nitrogen and oxygen atoms in total. The largest absolute Gasteiger partial charge is 0.274 e. The van der Waals surface area contributed by atoms with E-state index in [4.69, 9.17) is 23.2 Å². The third-order valence-electron chi connectivity index (χ3n) is 2.73. The molecule has 0 aliphatic rings. The molecule has 1 heterocycles. The summed E-state index contributed by atoms with van der Waals surface area (Å²) in [7, 11) is -1.95. The Morgan fingerprint density at radius 2 is 2.05 bits per heavy atom. The minimum atomic E-state index is -3.62. The molecule has 2 aromatic rings. The van der Waals surface area contributed by atoms with Gasteiger partial charge in [0.25, 0.3) is 0 Å². The van der Waals surface area contributed by atoms with Crippen molar-refractivity contribution >= 4 is 33.2 Å². The van der Waals surface area contributed by atoms with Crippen molar-refractivity contribution in [2.24, 2.45) is 7.05 Å². The lowest BCUT2D eigenvalue weighted by atomic mass is 10.2. The van der Waals surface area contributed by atoms with Gasteiger partial charge in [-0.1, -0.05) is 29.3 Å². The Morgan fingerprint density at radius 3 is 2.60 bits per heavy atom. The maximum absolute atomic E-state index is 12.2. The second-order valence-corrected chi connectivity index (χ2v) is 6.89. The number of rotatable bonds is 4. The summed E-state index contributed by atoms with van der Waals surface area (Å²) < 4.78 is 28.3. The van der Waals surface area contributed by atoms with Crippen molar-refractivity contribution in [2.45, 2.75) is 18.4 Å². The first kappa shape index (κ1) is 15.3. The SMILES string of the molecule is Cc1nn(C)cc1S(=O)(=O)NCc1ccc(Cl)cc1Cl. The topological polar surface area (TPSA) is 64.0 Å². The van der Waals surface area contributed by atoms with E-state index in [1.165, 1.54) is 10.9 Å². The summed E-state index contributed by atoms with van der Waals surface area (Å²) in [5, 5.41) is 4.94. The molecule has 1 N–H and O–H groups in total. The molecule has 0 spiro atoms. The summed E-state index contributed by atoms with van der Waals surface area (Å²) in [5.41, 5.74) is 1.10. The molecule has 0 fully saturated rings. The Hall–Kier alpha value is -1.08. The molecule has 0 aliphatic heterocycles. The highest BCUT2D eigenvalue weighted by Crippen LogP contribution is 2.21. The Kier molecular flexibility index (Phi) is 4.39. The number of sulfonamides is 1. The molecule has 0 saturated heterocycles. The minimum absolute atomic E-state index is 0.0900. The van der Waals surface area contributed by atoms with Crippen molar-refractivity contribution in [1.82, 2.24) is 14.5 Å². The average molecular weight is 334 g/mol. The van der Waals surface area contributed by atoms with Crippen molar-refractivity contribution in [3.05, 3.63) is 45.7 Å². The highest BCUT2D eigenvalue weighted by atomic mass is 35.5. The number of aryl methyl sites for hydroxylation is 2. The number of hydrogen-bond acceptors (Lipinski definition) is 3. The molecular weight excluding hydrogens is 321 g/mol. The van der Waals surface area contributed by atoms with E-state index in [1.807, 2.05) is 0 Å². The first-order chi connectivity index (χ1) is 9.29. The number of nitrogens with one attached hydrogen (secondary N) is 1. The van der Waals surface area contributed by atoms with Crippen LogP contribution in [0, 0.1) is 6.92 Å². The van der Waals surface area contributed by atoms with Gasteiger partial charge < -0.3 is 0 Å². The van der Waals surface area contributed by atoms with Crippen LogP contribution in [0.25, 0.3) is 0 Å². The maximum Gasteiger partial charge on any atom is 0.244 e. The molecule has 0 aliphatic carbocycles. The van der Waals surface area contributed by atoms with Crippen LogP contribution in [0.4, 0.5) is 0 Å². The van der Waals surface area contributed by atoms with E-state index in [2.05, 4.69) is 9.82 Å². The van der Waals surface area contributed by atoms with Crippen molar-refractivity contribution < 1.29 is 8.42 Å². The second-order valence-electron chi connectivity index (χ2n) is 4.31. The van der Waals surface area contributed by atoms with Gasteiger partial charge >= 0.3 is 0 Å². The van der Waals surface area contributed by atoms with Crippen LogP contribution in [-0.4, -0.2) is 18.2 Å². The van der Waals surface area contributed by atoms with Gasteiger partial charge in [0, 0.05) is 29.8 Å². The summed E-state index contributed by atoms with van der Waals surface area (Å²) in [4.78, 5) is 0.157. The number of aromatic nitrogens is 2. The van der Waals surface area contributed by atoms with E-state index < -0.39 is 10.0 Å². The van der Waals surface area contributed by atoms with Crippen molar-refractivity contribution in [1.29, 1.82) is 0 Å². The van der Waals surface area contributed by atoms with Crippen LogP contribution in [-0.2, 0) is 23.6 Å². The standard InChI is InChI=1S/C12H13Cl2N3O2S/c1-8-12(7-17(2)16-8)20(18,19)15-6-9-3-4-10(13)5-11(9)14/h3-5,7,15H,6H2,1-2H3. The van der Waals surface area contributed by atoms with Gasteiger partial charge in [0.1, 0.15) is 4.90 Å². The van der Waals surface area contributed by atoms with Gasteiger partial charge in [-0.15, -0.1) is 0 Å². The molecule has 0 unspecified atom stereocenters. The second kappa shape index (κ2) is 5.73. The van der Waals surface area contributed by atoms with Crippen LogP contribution >= 0.6 is 23.2 Å². The van der Waals surface area contributed by atoms with E-state index in [-0.39, 0.29) is 11.4 Å². The zero-order valence-corrected chi connectivity index (χ0v) is 13.2. The summed E-state index contributed by atoms with van der Waals surface area (Å²) in [6.07, 6.45) is 1.46. The van der Waals surface area contributed by atoms with Crippen LogP contribution in [0.3, 0.4) is 0 Å². The Balaban J connectivity index is 2.19. The van der Waals surface area contributed by atoms with Gasteiger partial charge in [-0.3, -0.25) is 4.68 Å². The molecule has 0 atom stereocenters. The molecule has 0 radical (unpaired) electrons. The van der Waals surface area contributed by atoms with Gasteiger partial charge in [0.2, 0.25) is 10.0 Å². The molecule has 8 heteroatoms. The number of hydrogen-bond donors (Lipinski definition) is 1. The minimum Gasteiger partial charge on any atom is -0.274 e. The average Bonchev–Trinajstić information content (AvgIpc) is 2.68. The Labute approximate surface area is 127 Å². The van der Waals surface area contributed by atoms with Crippen molar-refractivity contribution in [3.8, 4) is 0 Å². The third-order valence-corrected chi connectivity index (χ3v) is 4.82.